The topological polar surface area (TPSA) is 93.7 Å². The van der Waals surface area contributed by atoms with E-state index in [9.17, 15) is 14.4 Å². The molecule has 2 amide bonds. The summed E-state index contributed by atoms with van der Waals surface area (Å²) in [6.07, 6.45) is -1.09. The number of amides is 2. The minimum Gasteiger partial charge on any atom is -0.482 e. The maximum Gasteiger partial charge on any atom is 0.344 e. The molecule has 0 aromatic heterocycles. The van der Waals surface area contributed by atoms with Crippen molar-refractivity contribution in [2.45, 2.75) is 39.7 Å². The van der Waals surface area contributed by atoms with Crippen molar-refractivity contribution < 1.29 is 23.9 Å². The van der Waals surface area contributed by atoms with Gasteiger partial charge in [-0.05, 0) is 49.1 Å². The van der Waals surface area contributed by atoms with E-state index in [1.54, 1.807) is 30.3 Å². The molecule has 0 aliphatic rings. The lowest BCUT2D eigenvalue weighted by atomic mass is 10.0. The molecule has 0 radical (unpaired) electrons. The van der Waals surface area contributed by atoms with Gasteiger partial charge >= 0.3 is 5.97 Å². The SMILES string of the molecule is Cc1ccc(C(C)C)cc1OCC(=O)O[C@H](C)C(=O)NNC(=O)c1ccccc1. The molecule has 2 aromatic carbocycles. The van der Waals surface area contributed by atoms with E-state index in [4.69, 9.17) is 9.47 Å². The molecule has 2 rings (SSSR count). The number of carbonyl (C=O) groups is 3. The van der Waals surface area contributed by atoms with E-state index in [0.717, 1.165) is 11.1 Å². The van der Waals surface area contributed by atoms with E-state index >= 15 is 0 Å². The molecule has 7 nitrogen and oxygen atoms in total. The van der Waals surface area contributed by atoms with Crippen molar-refractivity contribution in [3.63, 3.8) is 0 Å². The molecule has 0 spiro atoms. The van der Waals surface area contributed by atoms with Crippen LogP contribution in [0.4, 0.5) is 0 Å². The van der Waals surface area contributed by atoms with E-state index in [1.165, 1.54) is 6.92 Å². The number of hydrazine groups is 1. The Balaban J connectivity index is 1.80. The highest BCUT2D eigenvalue weighted by Crippen LogP contribution is 2.24. The van der Waals surface area contributed by atoms with Crippen LogP contribution in [0.2, 0.25) is 0 Å². The second-order valence-electron chi connectivity index (χ2n) is 6.91. The molecule has 1 atom stereocenters. The highest BCUT2D eigenvalue weighted by molar-refractivity contribution is 5.95. The number of hydrogen-bond acceptors (Lipinski definition) is 5. The first-order valence-corrected chi connectivity index (χ1v) is 9.36. The molecule has 0 heterocycles. The van der Waals surface area contributed by atoms with Gasteiger partial charge in [-0.3, -0.25) is 20.4 Å². The second kappa shape index (κ2) is 10.3. The van der Waals surface area contributed by atoms with Crippen molar-refractivity contribution in [1.82, 2.24) is 10.9 Å². The molecule has 2 aromatic rings. The Morgan fingerprint density at radius 2 is 1.66 bits per heavy atom. The van der Waals surface area contributed by atoms with Crippen LogP contribution in [-0.2, 0) is 14.3 Å². The van der Waals surface area contributed by atoms with E-state index < -0.39 is 23.9 Å². The first kappa shape index (κ1) is 21.9. The number of benzene rings is 2. The summed E-state index contributed by atoms with van der Waals surface area (Å²) >= 11 is 0. The van der Waals surface area contributed by atoms with E-state index in [-0.39, 0.29) is 6.61 Å². The summed E-state index contributed by atoms with van der Waals surface area (Å²) < 4.78 is 10.6. The molecular weight excluding hydrogens is 372 g/mol. The standard InChI is InChI=1S/C22H26N2O5/c1-14(2)18-11-10-15(3)19(12-18)28-13-20(25)29-16(4)21(26)23-24-22(27)17-8-6-5-7-9-17/h5-12,14,16H,13H2,1-4H3,(H,23,26)(H,24,27)/t16-/m1/s1. The summed E-state index contributed by atoms with van der Waals surface area (Å²) in [7, 11) is 0. The molecule has 0 unspecified atom stereocenters. The monoisotopic (exact) mass is 398 g/mol. The summed E-state index contributed by atoms with van der Waals surface area (Å²) in [5, 5.41) is 0. The van der Waals surface area contributed by atoms with Crippen LogP contribution in [0.5, 0.6) is 5.75 Å². The zero-order valence-electron chi connectivity index (χ0n) is 17.0. The van der Waals surface area contributed by atoms with Gasteiger partial charge in [0.15, 0.2) is 12.7 Å². The first-order chi connectivity index (χ1) is 13.8. The molecule has 0 aliphatic heterocycles. The predicted octanol–water partition coefficient (Wildman–Crippen LogP) is 2.89. The molecule has 7 heteroatoms. The Labute approximate surface area is 170 Å². The minimum atomic E-state index is -1.09. The van der Waals surface area contributed by atoms with Crippen molar-refractivity contribution in [3.05, 3.63) is 65.2 Å². The van der Waals surface area contributed by atoms with Crippen molar-refractivity contribution in [2.75, 3.05) is 6.61 Å². The number of ether oxygens (including phenoxy) is 2. The van der Waals surface area contributed by atoms with Crippen molar-refractivity contribution >= 4 is 17.8 Å². The molecule has 154 valence electrons. The predicted molar refractivity (Wildman–Crippen MR) is 108 cm³/mol. The fourth-order valence-corrected chi connectivity index (χ4v) is 2.43. The largest absolute Gasteiger partial charge is 0.482 e. The van der Waals surface area contributed by atoms with Gasteiger partial charge in [0, 0.05) is 5.56 Å². The van der Waals surface area contributed by atoms with Gasteiger partial charge in [-0.15, -0.1) is 0 Å². The van der Waals surface area contributed by atoms with Crippen molar-refractivity contribution in [2.24, 2.45) is 0 Å². The highest BCUT2D eigenvalue weighted by Gasteiger charge is 2.19. The normalized spacial score (nSPS) is 11.5. The lowest BCUT2D eigenvalue weighted by Gasteiger charge is -2.15. The van der Waals surface area contributed by atoms with E-state index in [0.29, 0.717) is 17.2 Å². The van der Waals surface area contributed by atoms with Gasteiger partial charge in [-0.1, -0.05) is 44.2 Å². The second-order valence-corrected chi connectivity index (χ2v) is 6.91. The Kier molecular flexibility index (Phi) is 7.77. The van der Waals surface area contributed by atoms with Crippen LogP contribution >= 0.6 is 0 Å². The van der Waals surface area contributed by atoms with Gasteiger partial charge in [-0.25, -0.2) is 4.79 Å². The van der Waals surface area contributed by atoms with Crippen molar-refractivity contribution in [3.8, 4) is 5.75 Å². The zero-order valence-corrected chi connectivity index (χ0v) is 17.0. The van der Waals surface area contributed by atoms with Gasteiger partial charge in [0.1, 0.15) is 5.75 Å². The average molecular weight is 398 g/mol. The minimum absolute atomic E-state index is 0.323. The van der Waals surface area contributed by atoms with Crippen LogP contribution in [0.3, 0.4) is 0 Å². The Bertz CT molecular complexity index is 865. The van der Waals surface area contributed by atoms with Gasteiger partial charge < -0.3 is 9.47 Å². The zero-order chi connectivity index (χ0) is 21.4. The van der Waals surface area contributed by atoms with Gasteiger partial charge in [0.05, 0.1) is 0 Å². The van der Waals surface area contributed by atoms with Gasteiger partial charge in [0.25, 0.3) is 11.8 Å². The lowest BCUT2D eigenvalue weighted by molar-refractivity contribution is -0.156. The third-order valence-electron chi connectivity index (χ3n) is 4.24. The number of aryl methyl sites for hydroxylation is 1. The maximum absolute atomic E-state index is 12.0. The van der Waals surface area contributed by atoms with Crippen LogP contribution in [0.15, 0.2) is 48.5 Å². The number of esters is 1. The van der Waals surface area contributed by atoms with Crippen LogP contribution in [-0.4, -0.2) is 30.5 Å². The van der Waals surface area contributed by atoms with Gasteiger partial charge in [0.2, 0.25) is 0 Å². The third-order valence-corrected chi connectivity index (χ3v) is 4.24. The Morgan fingerprint density at radius 3 is 2.31 bits per heavy atom. The summed E-state index contributed by atoms with van der Waals surface area (Å²) in [4.78, 5) is 35.9. The molecule has 0 fully saturated rings. The lowest BCUT2D eigenvalue weighted by Crippen LogP contribution is -2.47. The molecule has 2 N–H and O–H groups in total. The summed E-state index contributed by atoms with van der Waals surface area (Å²) in [6.45, 7) is 7.11. The van der Waals surface area contributed by atoms with Crippen LogP contribution in [0.25, 0.3) is 0 Å². The van der Waals surface area contributed by atoms with Gasteiger partial charge in [-0.2, -0.15) is 0 Å². The summed E-state index contributed by atoms with van der Waals surface area (Å²) in [6, 6.07) is 14.3. The van der Waals surface area contributed by atoms with Crippen LogP contribution in [0.1, 0.15) is 48.2 Å². The number of rotatable bonds is 7. The smallest absolute Gasteiger partial charge is 0.344 e. The average Bonchev–Trinajstić information content (AvgIpc) is 2.71. The van der Waals surface area contributed by atoms with Crippen LogP contribution in [0, 0.1) is 6.92 Å². The Hall–Kier alpha value is -3.35. The quantitative estimate of drug-likeness (QED) is 0.553. The third kappa shape index (κ3) is 6.64. The van der Waals surface area contributed by atoms with Crippen molar-refractivity contribution in [1.29, 1.82) is 0 Å². The number of nitrogens with one attached hydrogen (secondary N) is 2. The molecule has 0 saturated carbocycles. The van der Waals surface area contributed by atoms with E-state index in [1.807, 2.05) is 25.1 Å². The molecule has 0 bridgehead atoms. The number of hydrogen-bond donors (Lipinski definition) is 2. The molecular formula is C22H26N2O5. The molecule has 29 heavy (non-hydrogen) atoms. The van der Waals surface area contributed by atoms with Crippen LogP contribution < -0.4 is 15.6 Å². The fourth-order valence-electron chi connectivity index (χ4n) is 2.43. The Morgan fingerprint density at radius 1 is 0.966 bits per heavy atom. The maximum atomic E-state index is 12.0. The highest BCUT2D eigenvalue weighted by atomic mass is 16.6. The first-order valence-electron chi connectivity index (χ1n) is 9.36. The molecule has 0 aliphatic carbocycles. The number of carbonyl (C=O) groups excluding carboxylic acids is 3. The van der Waals surface area contributed by atoms with E-state index in [2.05, 4.69) is 24.7 Å². The molecule has 0 saturated heterocycles. The summed E-state index contributed by atoms with van der Waals surface area (Å²) in [5.74, 6) is -0.876. The summed E-state index contributed by atoms with van der Waals surface area (Å²) in [5.41, 5.74) is 6.90. The fraction of sp³-hybridized carbons (Fsp3) is 0.318.